The zero-order chi connectivity index (χ0) is 21.0. The first-order valence-corrected chi connectivity index (χ1v) is 9.43. The smallest absolute Gasteiger partial charge is 0.270 e. The zero-order valence-corrected chi connectivity index (χ0v) is 16.3. The van der Waals surface area contributed by atoms with Gasteiger partial charge in [-0.3, -0.25) is 25.7 Å². The molecule has 0 bridgehead atoms. The molecule has 0 radical (unpaired) electrons. The first-order chi connectivity index (χ1) is 13.8. The van der Waals surface area contributed by atoms with Gasteiger partial charge in [0.2, 0.25) is 0 Å². The number of nitro groups is 2. The summed E-state index contributed by atoms with van der Waals surface area (Å²) in [4.78, 5) is 23.3. The van der Waals surface area contributed by atoms with Crippen molar-refractivity contribution in [3.63, 3.8) is 0 Å². The highest BCUT2D eigenvalue weighted by atomic mass is 16.6. The van der Waals surface area contributed by atoms with E-state index in [-0.39, 0.29) is 11.4 Å². The van der Waals surface area contributed by atoms with Crippen molar-refractivity contribution in [1.82, 2.24) is 0 Å². The number of nitro benzene ring substituents is 2. The fourth-order valence-corrected chi connectivity index (χ4v) is 3.62. The molecule has 9 nitrogen and oxygen atoms in total. The summed E-state index contributed by atoms with van der Waals surface area (Å²) >= 11 is 0. The van der Waals surface area contributed by atoms with E-state index in [2.05, 4.69) is 29.3 Å². The summed E-state index contributed by atoms with van der Waals surface area (Å²) in [5.74, 6) is 0.653. The molecule has 29 heavy (non-hydrogen) atoms. The van der Waals surface area contributed by atoms with E-state index in [0.717, 1.165) is 25.1 Å². The summed E-state index contributed by atoms with van der Waals surface area (Å²) in [6, 6.07) is 11.0. The molecule has 1 aliphatic heterocycles. The first-order valence-electron chi connectivity index (χ1n) is 9.43. The lowest BCUT2D eigenvalue weighted by Gasteiger charge is -2.39. The second kappa shape index (κ2) is 8.68. The van der Waals surface area contributed by atoms with Gasteiger partial charge in [-0.25, -0.2) is 0 Å². The number of benzene rings is 2. The standard InChI is InChI=1S/C20H23N5O4/c1-14-9-10-23(15(2)11-14)20-8-7-19(25(28)29)12-16(20)13-21-22-17-3-5-18(6-4-17)24(26)27/h3-8,12-15,22H,9-11H2,1-2H3/b21-13-/t14-,15+/m0/s1. The molecule has 2 aromatic carbocycles. The van der Waals surface area contributed by atoms with Crippen molar-refractivity contribution < 1.29 is 9.85 Å². The number of nitrogens with zero attached hydrogens (tertiary/aromatic N) is 4. The van der Waals surface area contributed by atoms with Crippen LogP contribution in [0.4, 0.5) is 22.7 Å². The van der Waals surface area contributed by atoms with E-state index in [4.69, 9.17) is 0 Å². The molecule has 1 heterocycles. The molecule has 0 unspecified atom stereocenters. The highest BCUT2D eigenvalue weighted by molar-refractivity contribution is 5.89. The predicted octanol–water partition coefficient (Wildman–Crippen LogP) is 4.57. The average molecular weight is 397 g/mol. The number of piperidine rings is 1. The molecule has 0 aromatic heterocycles. The number of anilines is 2. The lowest BCUT2D eigenvalue weighted by Crippen LogP contribution is -2.40. The third-order valence-electron chi connectivity index (χ3n) is 5.15. The molecule has 1 fully saturated rings. The van der Waals surface area contributed by atoms with Crippen molar-refractivity contribution in [3.05, 3.63) is 68.3 Å². The maximum atomic E-state index is 11.2. The Morgan fingerprint density at radius 2 is 1.72 bits per heavy atom. The van der Waals surface area contributed by atoms with Crippen molar-refractivity contribution >= 4 is 29.0 Å². The summed E-state index contributed by atoms with van der Waals surface area (Å²) in [5, 5.41) is 26.1. The van der Waals surface area contributed by atoms with Crippen molar-refractivity contribution in [1.29, 1.82) is 0 Å². The van der Waals surface area contributed by atoms with E-state index in [1.807, 2.05) is 0 Å². The molecule has 1 N–H and O–H groups in total. The zero-order valence-electron chi connectivity index (χ0n) is 16.3. The topological polar surface area (TPSA) is 114 Å². The van der Waals surface area contributed by atoms with Gasteiger partial charge in [0, 0.05) is 48.1 Å². The maximum absolute atomic E-state index is 11.2. The van der Waals surface area contributed by atoms with Crippen LogP contribution in [0.2, 0.25) is 0 Å². The number of hydrogen-bond acceptors (Lipinski definition) is 7. The van der Waals surface area contributed by atoms with Gasteiger partial charge in [-0.05, 0) is 43.9 Å². The molecular weight excluding hydrogens is 374 g/mol. The third kappa shape index (κ3) is 4.87. The Labute approximate surface area is 168 Å². The van der Waals surface area contributed by atoms with E-state index in [1.54, 1.807) is 24.4 Å². The molecule has 1 aliphatic rings. The maximum Gasteiger partial charge on any atom is 0.270 e. The highest BCUT2D eigenvalue weighted by Gasteiger charge is 2.25. The van der Waals surface area contributed by atoms with Crippen LogP contribution in [0.5, 0.6) is 0 Å². The SMILES string of the molecule is C[C@H]1CCN(c2ccc([N+](=O)[O-])cc2/C=N\Nc2ccc([N+](=O)[O-])cc2)[C@H](C)C1. The van der Waals surface area contributed by atoms with Gasteiger partial charge in [-0.1, -0.05) is 6.92 Å². The Bertz CT molecular complexity index is 929. The largest absolute Gasteiger partial charge is 0.368 e. The predicted molar refractivity (Wildman–Crippen MR) is 113 cm³/mol. The minimum Gasteiger partial charge on any atom is -0.368 e. The normalized spacial score (nSPS) is 19.3. The van der Waals surface area contributed by atoms with Crippen molar-refractivity contribution in [2.45, 2.75) is 32.7 Å². The molecule has 2 aromatic rings. The molecule has 1 saturated heterocycles. The van der Waals surface area contributed by atoms with Gasteiger partial charge >= 0.3 is 0 Å². The van der Waals surface area contributed by atoms with E-state index < -0.39 is 9.85 Å². The quantitative estimate of drug-likeness (QED) is 0.434. The molecule has 9 heteroatoms. The van der Waals surface area contributed by atoms with E-state index in [0.29, 0.717) is 23.2 Å². The van der Waals surface area contributed by atoms with Crippen LogP contribution in [0.25, 0.3) is 0 Å². The van der Waals surface area contributed by atoms with Crippen molar-refractivity contribution in [2.24, 2.45) is 11.0 Å². The molecule has 2 atom stereocenters. The highest BCUT2D eigenvalue weighted by Crippen LogP contribution is 2.31. The fraction of sp³-hybridized carbons (Fsp3) is 0.350. The summed E-state index contributed by atoms with van der Waals surface area (Å²) in [6.07, 6.45) is 3.68. The van der Waals surface area contributed by atoms with Crippen LogP contribution in [0.1, 0.15) is 32.3 Å². The molecule has 0 saturated carbocycles. The minimum atomic E-state index is -0.469. The Hall–Kier alpha value is -3.49. The van der Waals surface area contributed by atoms with Gasteiger partial charge < -0.3 is 4.90 Å². The van der Waals surface area contributed by atoms with E-state index >= 15 is 0 Å². The average Bonchev–Trinajstić information content (AvgIpc) is 2.68. The van der Waals surface area contributed by atoms with Crippen LogP contribution < -0.4 is 10.3 Å². The minimum absolute atomic E-state index is 0.00330. The van der Waals surface area contributed by atoms with Crippen molar-refractivity contribution in [2.75, 3.05) is 16.9 Å². The Morgan fingerprint density at radius 1 is 1.07 bits per heavy atom. The Balaban J connectivity index is 1.83. The van der Waals surface area contributed by atoms with Crippen LogP contribution in [0.15, 0.2) is 47.6 Å². The summed E-state index contributed by atoms with van der Waals surface area (Å²) in [7, 11) is 0. The van der Waals surface area contributed by atoms with Gasteiger partial charge in [0.25, 0.3) is 11.4 Å². The Morgan fingerprint density at radius 3 is 2.34 bits per heavy atom. The van der Waals surface area contributed by atoms with Crippen molar-refractivity contribution in [3.8, 4) is 0 Å². The third-order valence-corrected chi connectivity index (χ3v) is 5.15. The molecule has 3 rings (SSSR count). The number of rotatable bonds is 6. The van der Waals surface area contributed by atoms with Crippen LogP contribution >= 0.6 is 0 Å². The van der Waals surface area contributed by atoms with E-state index in [1.165, 1.54) is 24.3 Å². The molecule has 152 valence electrons. The summed E-state index contributed by atoms with van der Waals surface area (Å²) in [5.41, 5.74) is 4.95. The lowest BCUT2D eigenvalue weighted by molar-refractivity contribution is -0.385. The van der Waals surface area contributed by atoms with Crippen LogP contribution in [0.3, 0.4) is 0 Å². The van der Waals surface area contributed by atoms with Gasteiger partial charge in [0.05, 0.1) is 21.7 Å². The van der Waals surface area contributed by atoms with Crippen LogP contribution in [-0.4, -0.2) is 28.6 Å². The second-order valence-corrected chi connectivity index (χ2v) is 7.35. The fourth-order valence-electron chi connectivity index (χ4n) is 3.62. The molecular formula is C20H23N5O4. The Kier molecular flexibility index (Phi) is 6.06. The molecule has 0 spiro atoms. The summed E-state index contributed by atoms with van der Waals surface area (Å²) in [6.45, 7) is 5.28. The monoisotopic (exact) mass is 397 g/mol. The molecule has 0 aliphatic carbocycles. The second-order valence-electron chi connectivity index (χ2n) is 7.35. The van der Waals surface area contributed by atoms with Crippen LogP contribution in [0, 0.1) is 26.1 Å². The van der Waals surface area contributed by atoms with Gasteiger partial charge in [0.15, 0.2) is 0 Å². The van der Waals surface area contributed by atoms with E-state index in [9.17, 15) is 20.2 Å². The van der Waals surface area contributed by atoms with Gasteiger partial charge in [0.1, 0.15) is 0 Å². The van der Waals surface area contributed by atoms with Crippen LogP contribution in [-0.2, 0) is 0 Å². The molecule has 0 amide bonds. The number of hydrogen-bond donors (Lipinski definition) is 1. The lowest BCUT2D eigenvalue weighted by atomic mass is 9.92. The first kappa shape index (κ1) is 20.2. The number of non-ortho nitro benzene ring substituents is 2. The number of nitrogens with one attached hydrogen (secondary N) is 1. The van der Waals surface area contributed by atoms with Gasteiger partial charge in [-0.2, -0.15) is 5.10 Å². The number of hydrazone groups is 1. The van der Waals surface area contributed by atoms with Gasteiger partial charge in [-0.15, -0.1) is 0 Å². The summed E-state index contributed by atoms with van der Waals surface area (Å²) < 4.78 is 0.